The summed E-state index contributed by atoms with van der Waals surface area (Å²) >= 11 is 6.01. The van der Waals surface area contributed by atoms with E-state index in [1.807, 2.05) is 26.8 Å². The predicted molar refractivity (Wildman–Crippen MR) is 71.6 cm³/mol. The van der Waals surface area contributed by atoms with Crippen LogP contribution in [0.1, 0.15) is 22.6 Å². The van der Waals surface area contributed by atoms with Gasteiger partial charge < -0.3 is 5.73 Å². The lowest BCUT2D eigenvalue weighted by atomic mass is 10.1. The summed E-state index contributed by atoms with van der Waals surface area (Å²) < 4.78 is 1.64. The molecule has 0 aromatic carbocycles. The van der Waals surface area contributed by atoms with Gasteiger partial charge in [0.1, 0.15) is 5.84 Å². The van der Waals surface area contributed by atoms with E-state index in [0.717, 1.165) is 17.1 Å². The van der Waals surface area contributed by atoms with Gasteiger partial charge in [0.15, 0.2) is 0 Å². The molecule has 0 saturated carbocycles. The summed E-state index contributed by atoms with van der Waals surface area (Å²) in [4.78, 5) is 4.32. The van der Waals surface area contributed by atoms with Crippen LogP contribution in [0.5, 0.6) is 0 Å². The topological polar surface area (TPSA) is 80.6 Å². The smallest absolute Gasteiger partial charge is 0.126 e. The fourth-order valence-electron chi connectivity index (χ4n) is 1.88. The van der Waals surface area contributed by atoms with Crippen LogP contribution in [0.4, 0.5) is 0 Å². The Balaban J connectivity index is 2.73. The Hall–Kier alpha value is -1.88. The lowest BCUT2D eigenvalue weighted by Gasteiger charge is -2.11. The normalized spacial score (nSPS) is 10.7. The molecule has 18 heavy (non-hydrogen) atoms. The van der Waals surface area contributed by atoms with Gasteiger partial charge in [-0.3, -0.25) is 10.4 Å². The second-order valence-electron chi connectivity index (χ2n) is 4.16. The summed E-state index contributed by atoms with van der Waals surface area (Å²) in [6, 6.07) is 1.84. The van der Waals surface area contributed by atoms with Crippen molar-refractivity contribution in [3.05, 3.63) is 39.9 Å². The second-order valence-corrected chi connectivity index (χ2v) is 4.57. The van der Waals surface area contributed by atoms with Gasteiger partial charge in [-0.2, -0.15) is 5.10 Å². The maximum Gasteiger partial charge on any atom is 0.126 e. The number of nitrogen functional groups attached to an aromatic ring is 1. The highest BCUT2D eigenvalue weighted by Gasteiger charge is 2.14. The van der Waals surface area contributed by atoms with Crippen molar-refractivity contribution in [2.45, 2.75) is 20.8 Å². The number of nitrogens with one attached hydrogen (secondary N) is 1. The zero-order valence-corrected chi connectivity index (χ0v) is 11.2. The van der Waals surface area contributed by atoms with Gasteiger partial charge in [0, 0.05) is 11.9 Å². The van der Waals surface area contributed by atoms with Crippen LogP contribution in [0, 0.1) is 26.2 Å². The third kappa shape index (κ3) is 2.09. The molecule has 6 heteroatoms. The van der Waals surface area contributed by atoms with E-state index in [1.54, 1.807) is 10.9 Å². The fraction of sp³-hybridized carbons (Fsp3) is 0.250. The van der Waals surface area contributed by atoms with Crippen LogP contribution < -0.4 is 5.73 Å². The molecule has 0 unspecified atom stereocenters. The van der Waals surface area contributed by atoms with Gasteiger partial charge in [0.25, 0.3) is 0 Å². The average molecular weight is 264 g/mol. The summed E-state index contributed by atoms with van der Waals surface area (Å²) in [6.07, 6.45) is 1.71. The molecule has 0 aliphatic rings. The molecule has 2 heterocycles. The number of rotatable bonds is 2. The molecule has 0 fully saturated rings. The number of hydrogen-bond acceptors (Lipinski definition) is 3. The molecular formula is C12H14ClN5. The van der Waals surface area contributed by atoms with Gasteiger partial charge in [-0.15, -0.1) is 0 Å². The Bertz CT molecular complexity index is 610. The second kappa shape index (κ2) is 4.42. The van der Waals surface area contributed by atoms with Crippen molar-refractivity contribution in [2.24, 2.45) is 5.73 Å². The van der Waals surface area contributed by atoms with Crippen molar-refractivity contribution in [3.8, 4) is 5.69 Å². The highest BCUT2D eigenvalue weighted by molar-refractivity contribution is 6.31. The van der Waals surface area contributed by atoms with Crippen molar-refractivity contribution >= 4 is 17.4 Å². The lowest BCUT2D eigenvalue weighted by molar-refractivity contribution is 0.851. The Labute approximate surface area is 110 Å². The van der Waals surface area contributed by atoms with Gasteiger partial charge in [-0.1, -0.05) is 11.6 Å². The highest BCUT2D eigenvalue weighted by atomic mass is 35.5. The number of nitrogens with two attached hydrogens (primary N) is 1. The van der Waals surface area contributed by atoms with Crippen LogP contribution in [0.25, 0.3) is 5.69 Å². The molecule has 2 aromatic heterocycles. The first kappa shape index (κ1) is 12.6. The molecular weight excluding hydrogens is 250 g/mol. The van der Waals surface area contributed by atoms with Gasteiger partial charge in [0.05, 0.1) is 27.7 Å². The molecule has 5 nitrogen and oxygen atoms in total. The molecule has 2 rings (SSSR count). The van der Waals surface area contributed by atoms with E-state index in [4.69, 9.17) is 22.7 Å². The molecule has 0 radical (unpaired) electrons. The summed E-state index contributed by atoms with van der Waals surface area (Å²) in [5, 5.41) is 12.6. The van der Waals surface area contributed by atoms with Crippen LogP contribution in [0.2, 0.25) is 5.02 Å². The Morgan fingerprint density at radius 1 is 1.33 bits per heavy atom. The van der Waals surface area contributed by atoms with Gasteiger partial charge >= 0.3 is 0 Å². The monoisotopic (exact) mass is 263 g/mol. The first-order chi connectivity index (χ1) is 8.40. The molecule has 0 atom stereocenters. The molecule has 0 bridgehead atoms. The average Bonchev–Trinajstić information content (AvgIpc) is 2.57. The standard InChI is InChI=1S/C12H14ClN5/c1-6-4-10(11(12(14)15)8(3)16-6)18-5-9(13)7(2)17-18/h4-5H,1-3H3,(H3,14,15). The summed E-state index contributed by atoms with van der Waals surface area (Å²) in [5.74, 6) is -0.0284. The predicted octanol–water partition coefficient (Wildman–Crippen LogP) is 2.13. The number of amidine groups is 1. The van der Waals surface area contributed by atoms with Crippen molar-refractivity contribution in [2.75, 3.05) is 0 Å². The SMILES string of the molecule is Cc1cc(-n2cc(Cl)c(C)n2)c(C(=N)N)c(C)n1. The minimum atomic E-state index is -0.0284. The van der Waals surface area contributed by atoms with Crippen LogP contribution in [0.15, 0.2) is 12.3 Å². The molecule has 94 valence electrons. The quantitative estimate of drug-likeness (QED) is 0.643. The van der Waals surface area contributed by atoms with Gasteiger partial charge in [0.2, 0.25) is 0 Å². The summed E-state index contributed by atoms with van der Waals surface area (Å²) in [7, 11) is 0. The summed E-state index contributed by atoms with van der Waals surface area (Å²) in [5.41, 5.74) is 9.21. The van der Waals surface area contributed by atoms with E-state index in [-0.39, 0.29) is 5.84 Å². The van der Waals surface area contributed by atoms with Crippen molar-refractivity contribution in [1.82, 2.24) is 14.8 Å². The minimum absolute atomic E-state index is 0.0284. The Morgan fingerprint density at radius 3 is 2.50 bits per heavy atom. The van der Waals surface area contributed by atoms with E-state index in [1.165, 1.54) is 0 Å². The van der Waals surface area contributed by atoms with E-state index in [9.17, 15) is 0 Å². The number of nitrogens with zero attached hydrogens (tertiary/aromatic N) is 3. The van der Waals surface area contributed by atoms with E-state index >= 15 is 0 Å². The van der Waals surface area contributed by atoms with Crippen LogP contribution in [-0.4, -0.2) is 20.6 Å². The molecule has 3 N–H and O–H groups in total. The molecule has 0 amide bonds. The van der Waals surface area contributed by atoms with Crippen molar-refractivity contribution < 1.29 is 0 Å². The maximum absolute atomic E-state index is 7.66. The van der Waals surface area contributed by atoms with Crippen LogP contribution in [-0.2, 0) is 0 Å². The number of aryl methyl sites for hydroxylation is 3. The molecule has 0 aliphatic carbocycles. The maximum atomic E-state index is 7.66. The van der Waals surface area contributed by atoms with Crippen molar-refractivity contribution in [3.63, 3.8) is 0 Å². The zero-order valence-electron chi connectivity index (χ0n) is 10.5. The van der Waals surface area contributed by atoms with Gasteiger partial charge in [-0.05, 0) is 26.8 Å². The number of hydrogen-bond donors (Lipinski definition) is 2. The van der Waals surface area contributed by atoms with E-state index < -0.39 is 0 Å². The number of pyridine rings is 1. The highest BCUT2D eigenvalue weighted by Crippen LogP contribution is 2.21. The van der Waals surface area contributed by atoms with Crippen LogP contribution >= 0.6 is 11.6 Å². The minimum Gasteiger partial charge on any atom is -0.384 e. The molecule has 0 aliphatic heterocycles. The molecule has 0 saturated heterocycles. The third-order valence-electron chi connectivity index (χ3n) is 2.66. The van der Waals surface area contributed by atoms with E-state index in [2.05, 4.69) is 10.1 Å². The largest absolute Gasteiger partial charge is 0.384 e. The Kier molecular flexibility index (Phi) is 3.09. The molecule has 0 spiro atoms. The molecule has 2 aromatic rings. The number of aromatic nitrogens is 3. The number of halogens is 1. The Morgan fingerprint density at radius 2 is 2.00 bits per heavy atom. The van der Waals surface area contributed by atoms with Crippen molar-refractivity contribution in [1.29, 1.82) is 5.41 Å². The lowest BCUT2D eigenvalue weighted by Crippen LogP contribution is -2.18. The van der Waals surface area contributed by atoms with Crippen LogP contribution in [0.3, 0.4) is 0 Å². The third-order valence-corrected chi connectivity index (χ3v) is 3.03. The first-order valence-electron chi connectivity index (χ1n) is 5.45. The van der Waals surface area contributed by atoms with E-state index in [0.29, 0.717) is 16.3 Å². The fourth-order valence-corrected chi connectivity index (χ4v) is 2.01. The first-order valence-corrected chi connectivity index (χ1v) is 5.82. The van der Waals surface area contributed by atoms with Gasteiger partial charge in [-0.25, -0.2) is 4.68 Å². The zero-order chi connectivity index (χ0) is 13.4. The summed E-state index contributed by atoms with van der Waals surface area (Å²) in [6.45, 7) is 5.54.